The predicted molar refractivity (Wildman–Crippen MR) is 50.9 cm³/mol. The summed E-state index contributed by atoms with van der Waals surface area (Å²) in [6, 6.07) is 1.36. The summed E-state index contributed by atoms with van der Waals surface area (Å²) in [5, 5.41) is 35.2. The van der Waals surface area contributed by atoms with E-state index in [0.29, 0.717) is 12.1 Å². The molecule has 0 aromatic heterocycles. The molecule has 0 atom stereocenters. The number of aromatic carboxylic acids is 2. The van der Waals surface area contributed by atoms with Gasteiger partial charge in [0.2, 0.25) is 0 Å². The second-order valence-corrected chi connectivity index (χ2v) is 2.50. The average molecular weight is 235 g/mol. The first-order chi connectivity index (χ1) is 6.43. The molecular weight excluding hydrogens is 228 g/mol. The Kier molecular flexibility index (Phi) is 3.93. The van der Waals surface area contributed by atoms with Crippen LogP contribution in [0.15, 0.2) is 12.1 Å². The zero-order valence-electron chi connectivity index (χ0n) is 7.17. The van der Waals surface area contributed by atoms with Crippen LogP contribution in [-0.4, -0.2) is 32.4 Å². The number of rotatable bonds is 2. The molecule has 15 heavy (non-hydrogen) atoms. The van der Waals surface area contributed by atoms with Gasteiger partial charge in [0.15, 0.2) is 0 Å². The second-order valence-electron chi connectivity index (χ2n) is 2.50. The van der Waals surface area contributed by atoms with Gasteiger partial charge in [-0.15, -0.1) is 12.4 Å². The molecule has 82 valence electrons. The van der Waals surface area contributed by atoms with Crippen molar-refractivity contribution in [1.29, 1.82) is 0 Å². The van der Waals surface area contributed by atoms with Gasteiger partial charge in [0.05, 0.1) is 0 Å². The molecule has 0 aliphatic heterocycles. The van der Waals surface area contributed by atoms with Crippen LogP contribution in [0, 0.1) is 0 Å². The van der Waals surface area contributed by atoms with Gasteiger partial charge in [-0.05, 0) is 12.1 Å². The average Bonchev–Trinajstić information content (AvgIpc) is 2.07. The molecule has 0 unspecified atom stereocenters. The summed E-state index contributed by atoms with van der Waals surface area (Å²) in [6.45, 7) is 0. The van der Waals surface area contributed by atoms with Gasteiger partial charge < -0.3 is 20.4 Å². The fourth-order valence-electron chi connectivity index (χ4n) is 0.919. The lowest BCUT2D eigenvalue weighted by Crippen LogP contribution is -2.01. The van der Waals surface area contributed by atoms with Crippen molar-refractivity contribution in [3.05, 3.63) is 23.3 Å². The van der Waals surface area contributed by atoms with Crippen molar-refractivity contribution in [2.45, 2.75) is 0 Å². The van der Waals surface area contributed by atoms with Crippen LogP contribution in [0.1, 0.15) is 20.7 Å². The van der Waals surface area contributed by atoms with Crippen LogP contribution in [0.25, 0.3) is 0 Å². The van der Waals surface area contributed by atoms with E-state index in [-0.39, 0.29) is 12.4 Å². The van der Waals surface area contributed by atoms with Crippen LogP contribution in [-0.2, 0) is 0 Å². The molecule has 0 fully saturated rings. The van der Waals surface area contributed by atoms with Crippen LogP contribution in [0.4, 0.5) is 0 Å². The van der Waals surface area contributed by atoms with Gasteiger partial charge >= 0.3 is 11.9 Å². The molecule has 4 N–H and O–H groups in total. The van der Waals surface area contributed by atoms with Gasteiger partial charge in [-0.2, -0.15) is 0 Å². The Labute approximate surface area is 89.8 Å². The number of phenols is 2. The maximum Gasteiger partial charge on any atom is 0.339 e. The summed E-state index contributed by atoms with van der Waals surface area (Å²) in [5.41, 5.74) is -1.10. The highest BCUT2D eigenvalue weighted by Crippen LogP contribution is 2.27. The van der Waals surface area contributed by atoms with E-state index in [0.717, 1.165) is 0 Å². The quantitative estimate of drug-likeness (QED) is 0.566. The number of aromatic hydroxyl groups is 2. The molecule has 0 amide bonds. The van der Waals surface area contributed by atoms with Gasteiger partial charge in [-0.3, -0.25) is 0 Å². The van der Waals surface area contributed by atoms with Crippen molar-refractivity contribution in [2.75, 3.05) is 0 Å². The summed E-state index contributed by atoms with van der Waals surface area (Å²) in [5.74, 6) is -4.30. The number of halogens is 1. The SMILES string of the molecule is Cl.O=C(O)c1cc(O)c(C(=O)O)cc1O. The first kappa shape index (κ1) is 13.1. The molecule has 0 aliphatic carbocycles. The van der Waals surface area contributed by atoms with Gasteiger partial charge in [0, 0.05) is 0 Å². The standard InChI is InChI=1S/C8H6O6.ClH/c9-5-1-3(7(11)12)6(10)2-4(5)8(13)14;/h1-2,9-10H,(H,11,12)(H,13,14);1H. The number of hydrogen-bond donors (Lipinski definition) is 4. The summed E-state index contributed by atoms with van der Waals surface area (Å²) < 4.78 is 0. The highest BCUT2D eigenvalue weighted by atomic mass is 35.5. The molecule has 0 radical (unpaired) electrons. The first-order valence-electron chi connectivity index (χ1n) is 3.46. The second kappa shape index (κ2) is 4.52. The molecule has 0 bridgehead atoms. The van der Waals surface area contributed by atoms with Crippen LogP contribution in [0.3, 0.4) is 0 Å². The molecule has 0 spiro atoms. The van der Waals surface area contributed by atoms with E-state index in [1.165, 1.54) is 0 Å². The van der Waals surface area contributed by atoms with Gasteiger partial charge in [-0.1, -0.05) is 0 Å². The monoisotopic (exact) mass is 234 g/mol. The number of carboxylic acid groups (broad SMARTS) is 2. The Hall–Kier alpha value is -1.95. The molecule has 1 rings (SSSR count). The van der Waals surface area contributed by atoms with Crippen molar-refractivity contribution >= 4 is 24.3 Å². The van der Waals surface area contributed by atoms with Crippen molar-refractivity contribution in [2.24, 2.45) is 0 Å². The first-order valence-corrected chi connectivity index (χ1v) is 3.46. The Balaban J connectivity index is 0.00000196. The lowest BCUT2D eigenvalue weighted by Gasteiger charge is -2.03. The van der Waals surface area contributed by atoms with Crippen molar-refractivity contribution in [1.82, 2.24) is 0 Å². The molecule has 1 aromatic carbocycles. The largest absolute Gasteiger partial charge is 0.507 e. The normalized spacial score (nSPS) is 9.07. The van der Waals surface area contributed by atoms with Crippen molar-refractivity contribution in [3.8, 4) is 11.5 Å². The Morgan fingerprint density at radius 1 is 0.867 bits per heavy atom. The van der Waals surface area contributed by atoms with E-state index in [1.54, 1.807) is 0 Å². The van der Waals surface area contributed by atoms with Crippen LogP contribution in [0.2, 0.25) is 0 Å². The van der Waals surface area contributed by atoms with Crippen LogP contribution < -0.4 is 0 Å². The lowest BCUT2D eigenvalue weighted by atomic mass is 10.1. The van der Waals surface area contributed by atoms with E-state index < -0.39 is 34.6 Å². The minimum atomic E-state index is -1.45. The molecule has 0 saturated heterocycles. The van der Waals surface area contributed by atoms with E-state index >= 15 is 0 Å². The number of carboxylic acids is 2. The summed E-state index contributed by atoms with van der Waals surface area (Å²) >= 11 is 0. The minimum Gasteiger partial charge on any atom is -0.507 e. The van der Waals surface area contributed by atoms with Crippen LogP contribution >= 0.6 is 12.4 Å². The zero-order chi connectivity index (χ0) is 10.9. The molecule has 1 aromatic rings. The van der Waals surface area contributed by atoms with Gasteiger partial charge in [-0.25, -0.2) is 9.59 Å². The highest BCUT2D eigenvalue weighted by molar-refractivity contribution is 5.96. The third-order valence-corrected chi connectivity index (χ3v) is 1.57. The van der Waals surface area contributed by atoms with E-state index in [9.17, 15) is 9.59 Å². The smallest absolute Gasteiger partial charge is 0.339 e. The molecule has 7 heteroatoms. The van der Waals surface area contributed by atoms with Gasteiger partial charge in [0.25, 0.3) is 0 Å². The Morgan fingerprint density at radius 2 is 1.13 bits per heavy atom. The maximum atomic E-state index is 10.4. The minimum absolute atomic E-state index is 0. The number of hydrogen-bond acceptors (Lipinski definition) is 4. The third-order valence-electron chi connectivity index (χ3n) is 1.57. The lowest BCUT2D eigenvalue weighted by molar-refractivity contribution is 0.0675. The molecular formula is C8H7ClO6. The summed E-state index contributed by atoms with van der Waals surface area (Å²) in [6.07, 6.45) is 0. The number of benzene rings is 1. The van der Waals surface area contributed by atoms with E-state index in [4.69, 9.17) is 20.4 Å². The van der Waals surface area contributed by atoms with Crippen molar-refractivity contribution in [3.63, 3.8) is 0 Å². The molecule has 0 aliphatic rings. The fourth-order valence-corrected chi connectivity index (χ4v) is 0.919. The maximum absolute atomic E-state index is 10.4. The van der Waals surface area contributed by atoms with Crippen molar-refractivity contribution < 1.29 is 30.0 Å². The number of carbonyl (C=O) groups is 2. The van der Waals surface area contributed by atoms with E-state index in [2.05, 4.69) is 0 Å². The topological polar surface area (TPSA) is 115 Å². The molecule has 0 saturated carbocycles. The third kappa shape index (κ3) is 2.50. The van der Waals surface area contributed by atoms with Gasteiger partial charge in [0.1, 0.15) is 22.6 Å². The Morgan fingerprint density at radius 3 is 1.33 bits per heavy atom. The van der Waals surface area contributed by atoms with Crippen LogP contribution in [0.5, 0.6) is 11.5 Å². The molecule has 0 heterocycles. The van der Waals surface area contributed by atoms with E-state index in [1.807, 2.05) is 0 Å². The fraction of sp³-hybridized carbons (Fsp3) is 0. The Bertz CT molecular complexity index is 374. The summed E-state index contributed by atoms with van der Waals surface area (Å²) in [4.78, 5) is 20.9. The summed E-state index contributed by atoms with van der Waals surface area (Å²) in [7, 11) is 0. The molecule has 6 nitrogen and oxygen atoms in total. The predicted octanol–water partition coefficient (Wildman–Crippen LogP) is 0.916. The highest BCUT2D eigenvalue weighted by Gasteiger charge is 2.17. The zero-order valence-corrected chi connectivity index (χ0v) is 7.98.